The van der Waals surface area contributed by atoms with E-state index in [2.05, 4.69) is 14.9 Å². The number of piperidine rings is 1. The minimum atomic E-state index is -3.12. The number of nitrogens with one attached hydrogen (secondary N) is 2. The molecule has 1 amide bonds. The van der Waals surface area contributed by atoms with Crippen molar-refractivity contribution in [1.29, 1.82) is 0 Å². The van der Waals surface area contributed by atoms with Crippen LogP contribution in [0, 0.1) is 0 Å². The van der Waals surface area contributed by atoms with Gasteiger partial charge < -0.3 is 5.32 Å². The number of likely N-dealkylation sites (tertiary alicyclic amines) is 1. The summed E-state index contributed by atoms with van der Waals surface area (Å²) in [6.45, 7) is 5.96. The number of carbonyl (C=O) groups is 1. The number of carbonyl (C=O) groups excluding carboxylic acids is 1. The Morgan fingerprint density at radius 1 is 1.35 bits per heavy atom. The molecule has 1 unspecified atom stereocenters. The zero-order valence-corrected chi connectivity index (χ0v) is 13.1. The Balaban J connectivity index is 1.80. The summed E-state index contributed by atoms with van der Waals surface area (Å²) < 4.78 is 25.5. The maximum absolute atomic E-state index is 11.4. The van der Waals surface area contributed by atoms with Crippen molar-refractivity contribution in [2.75, 3.05) is 25.4 Å². The summed E-state index contributed by atoms with van der Waals surface area (Å²) in [4.78, 5) is 13.7. The summed E-state index contributed by atoms with van der Waals surface area (Å²) in [6, 6.07) is 0.186. The fraction of sp³-hybridized carbons (Fsp3) is 0.923. The van der Waals surface area contributed by atoms with Crippen LogP contribution in [0.5, 0.6) is 0 Å². The van der Waals surface area contributed by atoms with Crippen LogP contribution in [0.4, 0.5) is 0 Å². The van der Waals surface area contributed by atoms with E-state index in [1.807, 2.05) is 6.92 Å². The zero-order valence-electron chi connectivity index (χ0n) is 12.3. The first-order valence-electron chi connectivity index (χ1n) is 7.38. The van der Waals surface area contributed by atoms with Gasteiger partial charge in [0.05, 0.1) is 5.75 Å². The Kier molecular flexibility index (Phi) is 4.71. The van der Waals surface area contributed by atoms with E-state index in [4.69, 9.17) is 0 Å². The van der Waals surface area contributed by atoms with Crippen LogP contribution >= 0.6 is 0 Å². The van der Waals surface area contributed by atoms with E-state index in [0.717, 1.165) is 32.4 Å². The highest BCUT2D eigenvalue weighted by molar-refractivity contribution is 7.89. The molecule has 0 aromatic carbocycles. The van der Waals surface area contributed by atoms with Gasteiger partial charge in [-0.25, -0.2) is 13.1 Å². The molecule has 0 aromatic heterocycles. The van der Waals surface area contributed by atoms with Gasteiger partial charge in [-0.3, -0.25) is 9.69 Å². The van der Waals surface area contributed by atoms with Crippen molar-refractivity contribution in [3.05, 3.63) is 0 Å². The first-order valence-corrected chi connectivity index (χ1v) is 9.03. The van der Waals surface area contributed by atoms with Gasteiger partial charge in [0, 0.05) is 37.6 Å². The van der Waals surface area contributed by atoms with Crippen LogP contribution in [0.1, 0.15) is 39.5 Å². The molecule has 2 fully saturated rings. The molecule has 7 heteroatoms. The number of rotatable bonds is 5. The highest BCUT2D eigenvalue weighted by Crippen LogP contribution is 2.31. The molecule has 2 N–H and O–H groups in total. The largest absolute Gasteiger partial charge is 0.351 e. The van der Waals surface area contributed by atoms with E-state index >= 15 is 0 Å². The molecule has 6 nitrogen and oxygen atoms in total. The normalized spacial score (nSPS) is 24.8. The third-order valence-corrected chi connectivity index (χ3v) is 5.96. The number of sulfonamides is 1. The SMILES string of the molecule is CCS(=O)(=O)NCC(C)N1CCC2(CCC(=O)N2)CC1. The monoisotopic (exact) mass is 303 g/mol. The molecule has 0 aliphatic carbocycles. The van der Waals surface area contributed by atoms with Crippen LogP contribution in [0.3, 0.4) is 0 Å². The molecule has 0 radical (unpaired) electrons. The highest BCUT2D eigenvalue weighted by Gasteiger charge is 2.40. The van der Waals surface area contributed by atoms with Gasteiger partial charge in [0.25, 0.3) is 0 Å². The summed E-state index contributed by atoms with van der Waals surface area (Å²) in [6.07, 6.45) is 3.51. The fourth-order valence-corrected chi connectivity index (χ4v) is 3.72. The maximum Gasteiger partial charge on any atom is 0.220 e. The minimum absolute atomic E-state index is 0.0101. The first kappa shape index (κ1) is 15.7. The molecule has 2 heterocycles. The van der Waals surface area contributed by atoms with Gasteiger partial charge >= 0.3 is 0 Å². The fourth-order valence-electron chi connectivity index (χ4n) is 3.02. The average molecular weight is 303 g/mol. The smallest absolute Gasteiger partial charge is 0.220 e. The van der Waals surface area contributed by atoms with Gasteiger partial charge in [0.2, 0.25) is 15.9 Å². The second-order valence-electron chi connectivity index (χ2n) is 5.97. The van der Waals surface area contributed by atoms with Gasteiger partial charge in [-0.15, -0.1) is 0 Å². The molecule has 2 rings (SSSR count). The molecule has 20 heavy (non-hydrogen) atoms. The Labute approximate surface area is 121 Å². The highest BCUT2D eigenvalue weighted by atomic mass is 32.2. The molecule has 1 atom stereocenters. The van der Waals surface area contributed by atoms with Crippen molar-refractivity contribution in [3.8, 4) is 0 Å². The predicted molar refractivity (Wildman–Crippen MR) is 77.8 cm³/mol. The van der Waals surface area contributed by atoms with Gasteiger partial charge in [-0.1, -0.05) is 0 Å². The number of hydrogen-bond acceptors (Lipinski definition) is 4. The summed E-state index contributed by atoms with van der Waals surface area (Å²) in [7, 11) is -3.12. The Hall–Kier alpha value is -0.660. The lowest BCUT2D eigenvalue weighted by Crippen LogP contribution is -2.54. The molecule has 2 aliphatic heterocycles. The Bertz CT molecular complexity index is 455. The molecule has 0 aromatic rings. The van der Waals surface area contributed by atoms with Crippen molar-refractivity contribution in [3.63, 3.8) is 0 Å². The van der Waals surface area contributed by atoms with Gasteiger partial charge in [0.15, 0.2) is 0 Å². The van der Waals surface area contributed by atoms with Crippen LogP contribution in [-0.4, -0.2) is 56.2 Å². The standard InChI is InChI=1S/C13H25N3O3S/c1-3-20(18,19)14-10-11(2)16-8-6-13(7-9-16)5-4-12(17)15-13/h11,14H,3-10H2,1-2H3,(H,15,17). The van der Waals surface area contributed by atoms with Crippen molar-refractivity contribution >= 4 is 15.9 Å². The van der Waals surface area contributed by atoms with Crippen LogP contribution in [0.25, 0.3) is 0 Å². The minimum Gasteiger partial charge on any atom is -0.351 e. The molecule has 2 aliphatic rings. The summed E-state index contributed by atoms with van der Waals surface area (Å²) in [5.74, 6) is 0.289. The van der Waals surface area contributed by atoms with Crippen molar-refractivity contribution in [2.24, 2.45) is 0 Å². The van der Waals surface area contributed by atoms with Crippen LogP contribution < -0.4 is 10.0 Å². The zero-order chi connectivity index (χ0) is 14.8. The molecule has 0 bridgehead atoms. The van der Waals surface area contributed by atoms with E-state index in [9.17, 15) is 13.2 Å². The van der Waals surface area contributed by atoms with Crippen molar-refractivity contribution < 1.29 is 13.2 Å². The molecule has 0 saturated carbocycles. The summed E-state index contributed by atoms with van der Waals surface area (Å²) >= 11 is 0. The molecule has 116 valence electrons. The molecule has 2 saturated heterocycles. The van der Waals surface area contributed by atoms with E-state index in [1.54, 1.807) is 6.92 Å². The van der Waals surface area contributed by atoms with Gasteiger partial charge in [-0.2, -0.15) is 0 Å². The number of nitrogens with zero attached hydrogens (tertiary/aromatic N) is 1. The molecular formula is C13H25N3O3S. The number of hydrogen-bond donors (Lipinski definition) is 2. The second-order valence-corrected chi connectivity index (χ2v) is 8.06. The van der Waals surface area contributed by atoms with E-state index in [1.165, 1.54) is 0 Å². The quantitative estimate of drug-likeness (QED) is 0.753. The van der Waals surface area contributed by atoms with E-state index < -0.39 is 10.0 Å². The topological polar surface area (TPSA) is 78.5 Å². The lowest BCUT2D eigenvalue weighted by molar-refractivity contribution is -0.120. The van der Waals surface area contributed by atoms with Gasteiger partial charge in [-0.05, 0) is 33.1 Å². The lowest BCUT2D eigenvalue weighted by Gasteiger charge is -2.41. The Morgan fingerprint density at radius 3 is 2.50 bits per heavy atom. The van der Waals surface area contributed by atoms with E-state index in [0.29, 0.717) is 13.0 Å². The van der Waals surface area contributed by atoms with Crippen molar-refractivity contribution in [1.82, 2.24) is 14.9 Å². The van der Waals surface area contributed by atoms with Crippen LogP contribution in [0.2, 0.25) is 0 Å². The second kappa shape index (κ2) is 5.99. The third kappa shape index (κ3) is 3.71. The Morgan fingerprint density at radius 2 is 2.00 bits per heavy atom. The third-order valence-electron chi connectivity index (χ3n) is 4.59. The van der Waals surface area contributed by atoms with Crippen LogP contribution in [0.15, 0.2) is 0 Å². The first-order chi connectivity index (χ1) is 9.36. The molecule has 1 spiro atoms. The summed E-state index contributed by atoms with van der Waals surface area (Å²) in [5, 5.41) is 3.12. The predicted octanol–water partition coefficient (Wildman–Crippen LogP) is 0.0588. The average Bonchev–Trinajstić information content (AvgIpc) is 2.78. The number of amides is 1. The lowest BCUT2D eigenvalue weighted by atomic mass is 9.86. The van der Waals surface area contributed by atoms with Gasteiger partial charge in [0.1, 0.15) is 0 Å². The molecular weight excluding hydrogens is 278 g/mol. The van der Waals surface area contributed by atoms with E-state index in [-0.39, 0.29) is 23.2 Å². The van der Waals surface area contributed by atoms with Crippen LogP contribution in [-0.2, 0) is 14.8 Å². The summed E-state index contributed by atoms with van der Waals surface area (Å²) in [5.41, 5.74) is 0.0101. The maximum atomic E-state index is 11.4. The van der Waals surface area contributed by atoms with Crippen molar-refractivity contribution in [2.45, 2.75) is 51.1 Å².